The summed E-state index contributed by atoms with van der Waals surface area (Å²) in [4.78, 5) is 4.46. The van der Waals surface area contributed by atoms with Crippen molar-refractivity contribution in [2.24, 2.45) is 0 Å². The molecule has 1 heterocycles. The molecule has 0 radical (unpaired) electrons. The molecule has 15 heavy (non-hydrogen) atoms. The van der Waals surface area contributed by atoms with E-state index in [0.29, 0.717) is 0 Å². The number of anilines is 1. The lowest BCUT2D eigenvalue weighted by Crippen LogP contribution is -2.10. The highest BCUT2D eigenvalue weighted by Gasteiger charge is 2.14. The van der Waals surface area contributed by atoms with E-state index in [1.54, 1.807) is 11.3 Å². The molecule has 3 heteroatoms. The van der Waals surface area contributed by atoms with Crippen LogP contribution in [-0.2, 0) is 5.41 Å². The normalized spacial score (nSPS) is 12.0. The van der Waals surface area contributed by atoms with Gasteiger partial charge in [-0.3, -0.25) is 0 Å². The number of hydrogen-bond donors (Lipinski definition) is 1. The molecule has 0 saturated carbocycles. The van der Waals surface area contributed by atoms with Gasteiger partial charge in [0, 0.05) is 7.05 Å². The van der Waals surface area contributed by atoms with Crippen LogP contribution in [0.25, 0.3) is 10.2 Å². The second-order valence-corrected chi connectivity index (χ2v) is 5.73. The van der Waals surface area contributed by atoms with Gasteiger partial charge in [-0.15, -0.1) is 0 Å². The van der Waals surface area contributed by atoms with Gasteiger partial charge in [0.05, 0.1) is 10.2 Å². The molecule has 1 N–H and O–H groups in total. The maximum absolute atomic E-state index is 4.46. The lowest BCUT2D eigenvalue weighted by Gasteiger charge is -2.18. The van der Waals surface area contributed by atoms with E-state index in [1.807, 2.05) is 7.05 Å². The second-order valence-electron chi connectivity index (χ2n) is 4.70. The number of nitrogens with one attached hydrogen (secondary N) is 1. The predicted molar refractivity (Wildman–Crippen MR) is 67.9 cm³/mol. The fraction of sp³-hybridized carbons (Fsp3) is 0.417. The van der Waals surface area contributed by atoms with Gasteiger partial charge < -0.3 is 5.32 Å². The van der Waals surface area contributed by atoms with E-state index in [0.717, 1.165) is 10.6 Å². The van der Waals surface area contributed by atoms with Crippen LogP contribution in [0, 0.1) is 0 Å². The Morgan fingerprint density at radius 2 is 2.00 bits per heavy atom. The van der Waals surface area contributed by atoms with Gasteiger partial charge in [-0.25, -0.2) is 4.98 Å². The van der Waals surface area contributed by atoms with Crippen LogP contribution < -0.4 is 5.32 Å². The van der Waals surface area contributed by atoms with Gasteiger partial charge in [-0.1, -0.05) is 38.2 Å². The largest absolute Gasteiger partial charge is 0.365 e. The van der Waals surface area contributed by atoms with Gasteiger partial charge >= 0.3 is 0 Å². The highest BCUT2D eigenvalue weighted by molar-refractivity contribution is 7.22. The van der Waals surface area contributed by atoms with Gasteiger partial charge in [0.1, 0.15) is 0 Å². The number of hydrogen-bond acceptors (Lipinski definition) is 3. The maximum atomic E-state index is 4.46. The summed E-state index contributed by atoms with van der Waals surface area (Å²) in [6, 6.07) is 6.52. The number of thiazole rings is 1. The van der Waals surface area contributed by atoms with Gasteiger partial charge in [0.2, 0.25) is 0 Å². The zero-order valence-corrected chi connectivity index (χ0v) is 10.4. The standard InChI is InChI=1S/C12H16N2S/c1-12(2,3)8-5-6-9-10(7-8)15-11(13-4)14-9/h5-7H,1-4H3,(H,13,14). The van der Waals surface area contributed by atoms with E-state index >= 15 is 0 Å². The van der Waals surface area contributed by atoms with Gasteiger partial charge in [-0.05, 0) is 23.1 Å². The monoisotopic (exact) mass is 220 g/mol. The molecule has 0 unspecified atom stereocenters. The van der Waals surface area contributed by atoms with Crippen molar-refractivity contribution in [2.45, 2.75) is 26.2 Å². The van der Waals surface area contributed by atoms with Crippen LogP contribution in [0.4, 0.5) is 5.13 Å². The molecule has 0 fully saturated rings. The number of rotatable bonds is 1. The Labute approximate surface area is 94.3 Å². The van der Waals surface area contributed by atoms with Crippen molar-refractivity contribution < 1.29 is 0 Å². The summed E-state index contributed by atoms with van der Waals surface area (Å²) < 4.78 is 1.26. The molecule has 0 aliphatic rings. The first-order valence-corrected chi connectivity index (χ1v) is 5.91. The Morgan fingerprint density at radius 3 is 2.60 bits per heavy atom. The molecule has 0 atom stereocenters. The van der Waals surface area contributed by atoms with Crippen molar-refractivity contribution in [1.29, 1.82) is 0 Å². The summed E-state index contributed by atoms with van der Waals surface area (Å²) in [5.74, 6) is 0. The summed E-state index contributed by atoms with van der Waals surface area (Å²) in [7, 11) is 1.91. The SMILES string of the molecule is CNc1nc2ccc(C(C)(C)C)cc2s1. The highest BCUT2D eigenvalue weighted by atomic mass is 32.1. The lowest BCUT2D eigenvalue weighted by molar-refractivity contribution is 0.591. The number of benzene rings is 1. The molecule has 2 nitrogen and oxygen atoms in total. The van der Waals surface area contributed by atoms with Crippen molar-refractivity contribution in [2.75, 3.05) is 12.4 Å². The van der Waals surface area contributed by atoms with Gasteiger partial charge in [-0.2, -0.15) is 0 Å². The second kappa shape index (κ2) is 3.49. The molecule has 80 valence electrons. The van der Waals surface area contributed by atoms with E-state index in [-0.39, 0.29) is 5.41 Å². The minimum absolute atomic E-state index is 0.206. The van der Waals surface area contributed by atoms with Crippen LogP contribution in [0.2, 0.25) is 0 Å². The average Bonchev–Trinajstić information content (AvgIpc) is 2.57. The first-order chi connectivity index (χ1) is 7.00. The molecule has 0 saturated heterocycles. The Hall–Kier alpha value is -1.09. The topological polar surface area (TPSA) is 24.9 Å². The fourth-order valence-corrected chi connectivity index (χ4v) is 2.36. The third-order valence-corrected chi connectivity index (χ3v) is 3.50. The maximum Gasteiger partial charge on any atom is 0.183 e. The molecular weight excluding hydrogens is 204 g/mol. The van der Waals surface area contributed by atoms with Crippen LogP contribution >= 0.6 is 11.3 Å². The zero-order chi connectivity index (χ0) is 11.1. The first-order valence-electron chi connectivity index (χ1n) is 5.09. The zero-order valence-electron chi connectivity index (χ0n) is 9.59. The highest BCUT2D eigenvalue weighted by Crippen LogP contribution is 2.30. The van der Waals surface area contributed by atoms with Crippen molar-refractivity contribution in [3.05, 3.63) is 23.8 Å². The number of aromatic nitrogens is 1. The van der Waals surface area contributed by atoms with E-state index in [4.69, 9.17) is 0 Å². The van der Waals surface area contributed by atoms with Crippen LogP contribution in [0.15, 0.2) is 18.2 Å². The molecule has 2 aromatic rings. The van der Waals surface area contributed by atoms with Crippen LogP contribution in [0.3, 0.4) is 0 Å². The van der Waals surface area contributed by atoms with Crippen LogP contribution in [-0.4, -0.2) is 12.0 Å². The van der Waals surface area contributed by atoms with Crippen molar-refractivity contribution in [3.63, 3.8) is 0 Å². The molecule has 1 aromatic heterocycles. The van der Waals surface area contributed by atoms with E-state index in [2.05, 4.69) is 49.3 Å². The first kappa shape index (κ1) is 10.4. The quantitative estimate of drug-likeness (QED) is 0.793. The molecule has 1 aromatic carbocycles. The molecule has 2 rings (SSSR count). The van der Waals surface area contributed by atoms with Crippen LogP contribution in [0.5, 0.6) is 0 Å². The van der Waals surface area contributed by atoms with Crippen molar-refractivity contribution in [3.8, 4) is 0 Å². The third kappa shape index (κ3) is 1.97. The Balaban J connectivity index is 2.55. The smallest absolute Gasteiger partial charge is 0.183 e. The Morgan fingerprint density at radius 1 is 1.27 bits per heavy atom. The molecule has 0 amide bonds. The van der Waals surface area contributed by atoms with E-state index in [1.165, 1.54) is 10.3 Å². The number of nitrogens with zero attached hydrogens (tertiary/aromatic N) is 1. The predicted octanol–water partition coefficient (Wildman–Crippen LogP) is 3.64. The third-order valence-electron chi connectivity index (χ3n) is 2.47. The number of fused-ring (bicyclic) bond motifs is 1. The minimum atomic E-state index is 0.206. The fourth-order valence-electron chi connectivity index (χ4n) is 1.50. The Bertz CT molecular complexity index is 480. The summed E-state index contributed by atoms with van der Waals surface area (Å²) in [6.45, 7) is 6.69. The van der Waals surface area contributed by atoms with E-state index in [9.17, 15) is 0 Å². The molecule has 0 spiro atoms. The lowest BCUT2D eigenvalue weighted by atomic mass is 9.87. The van der Waals surface area contributed by atoms with Gasteiger partial charge in [0.25, 0.3) is 0 Å². The summed E-state index contributed by atoms with van der Waals surface area (Å²) in [6.07, 6.45) is 0. The molecular formula is C12H16N2S. The van der Waals surface area contributed by atoms with Crippen LogP contribution in [0.1, 0.15) is 26.3 Å². The average molecular weight is 220 g/mol. The van der Waals surface area contributed by atoms with E-state index < -0.39 is 0 Å². The molecule has 0 aliphatic carbocycles. The minimum Gasteiger partial charge on any atom is -0.365 e. The summed E-state index contributed by atoms with van der Waals surface area (Å²) in [5, 5.41) is 4.06. The van der Waals surface area contributed by atoms with Gasteiger partial charge in [0.15, 0.2) is 5.13 Å². The Kier molecular flexibility index (Phi) is 2.43. The van der Waals surface area contributed by atoms with Crippen molar-refractivity contribution in [1.82, 2.24) is 4.98 Å². The van der Waals surface area contributed by atoms with Crippen molar-refractivity contribution >= 4 is 26.7 Å². The summed E-state index contributed by atoms with van der Waals surface area (Å²) in [5.41, 5.74) is 2.65. The molecule has 0 bridgehead atoms. The summed E-state index contributed by atoms with van der Waals surface area (Å²) >= 11 is 1.71. The molecule has 0 aliphatic heterocycles.